The summed E-state index contributed by atoms with van der Waals surface area (Å²) in [4.78, 5) is 11.1. The Morgan fingerprint density at radius 1 is 1.44 bits per heavy atom. The van der Waals surface area contributed by atoms with E-state index in [9.17, 15) is 18.7 Å². The van der Waals surface area contributed by atoms with Crippen LogP contribution in [0.25, 0.3) is 0 Å². The van der Waals surface area contributed by atoms with E-state index in [1.807, 2.05) is 50.5 Å². The molecule has 1 heterocycles. The van der Waals surface area contributed by atoms with Gasteiger partial charge in [-0.05, 0) is 57.3 Å². The predicted molar refractivity (Wildman–Crippen MR) is 75.7 cm³/mol. The van der Waals surface area contributed by atoms with Crippen LogP contribution in [-0.2, 0) is 4.74 Å². The molecule has 0 aromatic heterocycles. The molecule has 1 amide bonds. The average molecular weight is 481 g/mol. The van der Waals surface area contributed by atoms with Gasteiger partial charge in [-0.3, -0.25) is 0 Å². The lowest BCUT2D eigenvalue weighted by atomic mass is 9.99. The van der Waals surface area contributed by atoms with E-state index in [1.165, 1.54) is 6.07 Å². The first-order valence-electron chi connectivity index (χ1n) is 4.80. The fourth-order valence-corrected chi connectivity index (χ4v) is 3.51. The molecule has 0 saturated carbocycles. The van der Waals surface area contributed by atoms with Gasteiger partial charge >= 0.3 is 12.0 Å². The molecule has 4 nitrogen and oxygen atoms in total. The quantitative estimate of drug-likeness (QED) is 0.607. The number of phenolic OH excluding ortho intramolecular Hbond substituents is 1. The van der Waals surface area contributed by atoms with Crippen molar-refractivity contribution >= 4 is 51.3 Å². The molecule has 18 heavy (non-hydrogen) atoms. The lowest BCUT2D eigenvalue weighted by molar-refractivity contribution is -0.104. The fourth-order valence-electron chi connectivity index (χ4n) is 1.62. The Kier molecular flexibility index (Phi) is 3.85. The van der Waals surface area contributed by atoms with Crippen molar-refractivity contribution in [1.29, 1.82) is 0 Å². The molecule has 8 heteroatoms. The first-order valence-corrected chi connectivity index (χ1v) is 6.96. The third kappa shape index (κ3) is 2.63. The van der Waals surface area contributed by atoms with Gasteiger partial charge in [0.2, 0.25) is 0 Å². The number of alkyl halides is 2. The van der Waals surface area contributed by atoms with Crippen LogP contribution in [0, 0.1) is 7.14 Å². The molecule has 0 radical (unpaired) electrons. The number of carbonyl (C=O) groups is 1. The van der Waals surface area contributed by atoms with E-state index in [2.05, 4.69) is 4.74 Å². The number of benzene rings is 1. The predicted octanol–water partition coefficient (Wildman–Crippen LogP) is 3.02. The number of amides is 1. The lowest BCUT2D eigenvalue weighted by Gasteiger charge is -2.32. The minimum atomic E-state index is -3.26. The second kappa shape index (κ2) is 4.94. The molecule has 1 aliphatic heterocycles. The van der Waals surface area contributed by atoms with Crippen LogP contribution in [0.2, 0.25) is 0 Å². The highest BCUT2D eigenvalue weighted by molar-refractivity contribution is 14.1. The Hall–Kier alpha value is -0.390. The van der Waals surface area contributed by atoms with Gasteiger partial charge in [0, 0.05) is 9.13 Å². The van der Waals surface area contributed by atoms with Gasteiger partial charge in [-0.15, -0.1) is 0 Å². The Morgan fingerprint density at radius 3 is 2.78 bits per heavy atom. The van der Waals surface area contributed by atoms with Crippen LogP contribution in [0.3, 0.4) is 0 Å². The van der Waals surface area contributed by atoms with Crippen molar-refractivity contribution in [2.45, 2.75) is 12.0 Å². The summed E-state index contributed by atoms with van der Waals surface area (Å²) in [7, 11) is 0. The van der Waals surface area contributed by atoms with Gasteiger partial charge in [0.15, 0.2) is 6.61 Å². The van der Waals surface area contributed by atoms with E-state index >= 15 is 0 Å². The van der Waals surface area contributed by atoms with Crippen molar-refractivity contribution in [3.05, 3.63) is 24.8 Å². The van der Waals surface area contributed by atoms with Crippen molar-refractivity contribution < 1.29 is 23.4 Å². The van der Waals surface area contributed by atoms with Crippen molar-refractivity contribution in [1.82, 2.24) is 5.32 Å². The standard InChI is InChI=1S/C10H7F2I2NO3/c11-10(12)3-18-9(17)15-8(10)5-1-4(13)2-6(14)7(5)16/h1-2,8,16H,3H2,(H,15,17)/t8-/m0/s1. The number of phenols is 1. The summed E-state index contributed by atoms with van der Waals surface area (Å²) in [6, 6.07) is 1.49. The fraction of sp³-hybridized carbons (Fsp3) is 0.300. The smallest absolute Gasteiger partial charge is 0.408 e. The highest BCUT2D eigenvalue weighted by Gasteiger charge is 2.48. The average Bonchev–Trinajstić information content (AvgIpc) is 2.27. The molecular weight excluding hydrogens is 474 g/mol. The van der Waals surface area contributed by atoms with Gasteiger partial charge in [0.25, 0.3) is 0 Å². The maximum Gasteiger partial charge on any atom is 0.408 e. The molecule has 1 saturated heterocycles. The van der Waals surface area contributed by atoms with Gasteiger partial charge in [-0.1, -0.05) is 0 Å². The zero-order chi connectivity index (χ0) is 13.5. The highest BCUT2D eigenvalue weighted by Crippen LogP contribution is 2.40. The maximum absolute atomic E-state index is 13.7. The number of alkyl carbamates (subject to hydrolysis) is 1. The maximum atomic E-state index is 13.7. The largest absolute Gasteiger partial charge is 0.506 e. The Labute approximate surface area is 128 Å². The molecule has 0 spiro atoms. The first-order chi connectivity index (χ1) is 8.31. The Balaban J connectivity index is 2.49. The zero-order valence-electron chi connectivity index (χ0n) is 8.71. The second-order valence-electron chi connectivity index (χ2n) is 3.74. The summed E-state index contributed by atoms with van der Waals surface area (Å²) in [5.74, 6) is -3.51. The van der Waals surface area contributed by atoms with Gasteiger partial charge in [-0.2, -0.15) is 0 Å². The minimum absolute atomic E-state index is 0.00653. The molecule has 1 aromatic carbocycles. The van der Waals surface area contributed by atoms with Crippen molar-refractivity contribution in [2.75, 3.05) is 6.61 Å². The van der Waals surface area contributed by atoms with Crippen molar-refractivity contribution in [3.63, 3.8) is 0 Å². The van der Waals surface area contributed by atoms with Crippen LogP contribution in [0.1, 0.15) is 11.6 Å². The molecule has 98 valence electrons. The van der Waals surface area contributed by atoms with E-state index in [4.69, 9.17) is 0 Å². The first kappa shape index (κ1) is 14.0. The zero-order valence-corrected chi connectivity index (χ0v) is 13.0. The highest BCUT2D eigenvalue weighted by atomic mass is 127. The number of cyclic esters (lactones) is 1. The molecule has 2 N–H and O–H groups in total. The third-order valence-corrected chi connectivity index (χ3v) is 3.89. The summed E-state index contributed by atoms with van der Waals surface area (Å²) in [6.07, 6.45) is -0.917. The number of ether oxygens (including phenoxy) is 1. The Morgan fingerprint density at radius 2 is 2.11 bits per heavy atom. The van der Waals surface area contributed by atoms with Gasteiger partial charge in [0.1, 0.15) is 11.8 Å². The SMILES string of the molecule is O=C1N[C@@H](c2cc(I)cc(I)c2O)C(F)(F)CO1. The summed E-state index contributed by atoms with van der Waals surface area (Å²) >= 11 is 3.80. The molecule has 1 aliphatic rings. The number of hydrogen-bond donors (Lipinski definition) is 2. The number of rotatable bonds is 1. The molecule has 0 unspecified atom stereocenters. The lowest BCUT2D eigenvalue weighted by Crippen LogP contribution is -2.49. The molecule has 0 bridgehead atoms. The number of hydrogen-bond acceptors (Lipinski definition) is 3. The van der Waals surface area contributed by atoms with Crippen LogP contribution in [-0.4, -0.2) is 23.7 Å². The molecular formula is C10H7F2I2NO3. The molecule has 2 rings (SSSR count). The number of carbonyl (C=O) groups excluding carboxylic acids is 1. The summed E-state index contributed by atoms with van der Waals surface area (Å²) in [5, 5.41) is 11.9. The molecule has 1 atom stereocenters. The van der Waals surface area contributed by atoms with E-state index in [0.29, 0.717) is 7.14 Å². The van der Waals surface area contributed by atoms with Crippen molar-refractivity contribution in [3.8, 4) is 5.75 Å². The summed E-state index contributed by atoms with van der Waals surface area (Å²) < 4.78 is 32.8. The van der Waals surface area contributed by atoms with Crippen LogP contribution in [0.15, 0.2) is 12.1 Å². The molecule has 0 aliphatic carbocycles. The van der Waals surface area contributed by atoms with E-state index in [0.717, 1.165) is 0 Å². The third-order valence-electron chi connectivity index (χ3n) is 2.45. The summed E-state index contributed by atoms with van der Waals surface area (Å²) in [5.41, 5.74) is -0.00653. The van der Waals surface area contributed by atoms with Crippen LogP contribution in [0.5, 0.6) is 5.75 Å². The summed E-state index contributed by atoms with van der Waals surface area (Å²) in [6.45, 7) is -0.995. The van der Waals surface area contributed by atoms with Crippen molar-refractivity contribution in [2.24, 2.45) is 0 Å². The topological polar surface area (TPSA) is 58.6 Å². The van der Waals surface area contributed by atoms with E-state index < -0.39 is 24.7 Å². The molecule has 1 aromatic rings. The molecule has 1 fully saturated rings. The normalized spacial score (nSPS) is 22.2. The number of aromatic hydroxyl groups is 1. The monoisotopic (exact) mass is 481 g/mol. The number of nitrogens with one attached hydrogen (secondary N) is 1. The Bertz CT molecular complexity index is 510. The van der Waals surface area contributed by atoms with Gasteiger partial charge < -0.3 is 15.2 Å². The van der Waals surface area contributed by atoms with Crippen LogP contribution in [0.4, 0.5) is 13.6 Å². The number of halogens is 4. The van der Waals surface area contributed by atoms with Crippen LogP contribution >= 0.6 is 45.2 Å². The van der Waals surface area contributed by atoms with E-state index in [-0.39, 0.29) is 11.3 Å². The van der Waals surface area contributed by atoms with E-state index in [1.54, 1.807) is 6.07 Å². The second-order valence-corrected chi connectivity index (χ2v) is 6.15. The van der Waals surface area contributed by atoms with Crippen LogP contribution < -0.4 is 5.32 Å². The van der Waals surface area contributed by atoms with Gasteiger partial charge in [-0.25, -0.2) is 13.6 Å². The van der Waals surface area contributed by atoms with Gasteiger partial charge in [0.05, 0.1) is 3.57 Å². The minimum Gasteiger partial charge on any atom is -0.506 e.